The molecule has 2 aromatic rings. The van der Waals surface area contributed by atoms with Crippen LogP contribution in [0.3, 0.4) is 0 Å². The molecular formula is C23H27F2NO. The quantitative estimate of drug-likeness (QED) is 0.538. The zero-order valence-corrected chi connectivity index (χ0v) is 16.3. The molecular weight excluding hydrogens is 344 g/mol. The minimum atomic E-state index is -0.553. The van der Waals surface area contributed by atoms with E-state index >= 15 is 0 Å². The van der Waals surface area contributed by atoms with E-state index in [2.05, 4.69) is 37.0 Å². The van der Waals surface area contributed by atoms with Gasteiger partial charge in [-0.2, -0.15) is 0 Å². The highest BCUT2D eigenvalue weighted by Crippen LogP contribution is 2.38. The van der Waals surface area contributed by atoms with E-state index in [4.69, 9.17) is 4.74 Å². The average molecular weight is 371 g/mol. The lowest BCUT2D eigenvalue weighted by molar-refractivity contribution is 0.333. The smallest absolute Gasteiger partial charge is 0.135 e. The van der Waals surface area contributed by atoms with Crippen LogP contribution in [0.25, 0.3) is 0 Å². The SMILES string of the molecule is CCCC(C)c1ccc(C2CCC(c3c(F)cccc3F)=N2)c(OCC)c1. The molecule has 0 fully saturated rings. The Labute approximate surface area is 160 Å². The molecule has 4 heteroatoms. The van der Waals surface area contributed by atoms with Crippen molar-refractivity contribution >= 4 is 5.71 Å². The van der Waals surface area contributed by atoms with Crippen LogP contribution in [0.5, 0.6) is 5.75 Å². The fourth-order valence-corrected chi connectivity index (χ4v) is 3.79. The molecule has 2 unspecified atom stereocenters. The minimum absolute atomic E-state index is 0.00569. The number of benzene rings is 2. The molecule has 0 saturated heterocycles. The summed E-state index contributed by atoms with van der Waals surface area (Å²) in [6, 6.07) is 10.1. The second kappa shape index (κ2) is 8.64. The van der Waals surface area contributed by atoms with Gasteiger partial charge >= 0.3 is 0 Å². The molecule has 0 saturated carbocycles. The predicted octanol–water partition coefficient (Wildman–Crippen LogP) is 6.59. The topological polar surface area (TPSA) is 21.6 Å². The van der Waals surface area contributed by atoms with Crippen LogP contribution in [-0.2, 0) is 0 Å². The van der Waals surface area contributed by atoms with E-state index in [9.17, 15) is 8.78 Å². The first-order valence-electron chi connectivity index (χ1n) is 9.82. The second-order valence-corrected chi connectivity index (χ2v) is 7.15. The van der Waals surface area contributed by atoms with Gasteiger partial charge in [-0.05, 0) is 55.9 Å². The Hall–Kier alpha value is -2.23. The first-order valence-corrected chi connectivity index (χ1v) is 9.82. The number of aliphatic imine (C=N–C) groups is 1. The van der Waals surface area contributed by atoms with Gasteiger partial charge in [0.15, 0.2) is 0 Å². The number of halogens is 2. The third kappa shape index (κ3) is 4.20. The van der Waals surface area contributed by atoms with Gasteiger partial charge in [0, 0.05) is 11.3 Å². The molecule has 2 aromatic carbocycles. The molecule has 1 aliphatic heterocycles. The molecule has 2 nitrogen and oxygen atoms in total. The lowest BCUT2D eigenvalue weighted by atomic mass is 9.93. The van der Waals surface area contributed by atoms with Crippen molar-refractivity contribution in [3.8, 4) is 5.75 Å². The van der Waals surface area contributed by atoms with Crippen LogP contribution < -0.4 is 4.74 Å². The van der Waals surface area contributed by atoms with Crippen LogP contribution in [0.4, 0.5) is 8.78 Å². The third-order valence-corrected chi connectivity index (χ3v) is 5.20. The number of nitrogens with zero attached hydrogens (tertiary/aromatic N) is 1. The van der Waals surface area contributed by atoms with Crippen LogP contribution in [0.2, 0.25) is 0 Å². The van der Waals surface area contributed by atoms with Crippen molar-refractivity contribution in [1.82, 2.24) is 0 Å². The Morgan fingerprint density at radius 3 is 2.56 bits per heavy atom. The van der Waals surface area contributed by atoms with Gasteiger partial charge < -0.3 is 4.74 Å². The van der Waals surface area contributed by atoms with Gasteiger partial charge in [-0.3, -0.25) is 4.99 Å². The van der Waals surface area contributed by atoms with Crippen LogP contribution in [-0.4, -0.2) is 12.3 Å². The van der Waals surface area contributed by atoms with Crippen LogP contribution in [0.15, 0.2) is 41.4 Å². The molecule has 27 heavy (non-hydrogen) atoms. The van der Waals surface area contributed by atoms with Crippen molar-refractivity contribution in [2.45, 2.75) is 58.4 Å². The molecule has 0 N–H and O–H groups in total. The molecule has 144 valence electrons. The summed E-state index contributed by atoms with van der Waals surface area (Å²) >= 11 is 0. The van der Waals surface area contributed by atoms with Crippen molar-refractivity contribution < 1.29 is 13.5 Å². The molecule has 0 spiro atoms. The van der Waals surface area contributed by atoms with Crippen LogP contribution in [0, 0.1) is 11.6 Å². The molecule has 0 aliphatic carbocycles. The van der Waals surface area contributed by atoms with Gasteiger partial charge in [-0.1, -0.05) is 38.5 Å². The van der Waals surface area contributed by atoms with E-state index in [1.54, 1.807) is 0 Å². The molecule has 2 atom stereocenters. The highest BCUT2D eigenvalue weighted by Gasteiger charge is 2.26. The third-order valence-electron chi connectivity index (χ3n) is 5.20. The summed E-state index contributed by atoms with van der Waals surface area (Å²) in [5, 5.41) is 0. The predicted molar refractivity (Wildman–Crippen MR) is 106 cm³/mol. The zero-order chi connectivity index (χ0) is 19.4. The Balaban J connectivity index is 1.93. The highest BCUT2D eigenvalue weighted by molar-refractivity contribution is 6.02. The summed E-state index contributed by atoms with van der Waals surface area (Å²) in [4.78, 5) is 4.66. The largest absolute Gasteiger partial charge is 0.494 e. The summed E-state index contributed by atoms with van der Waals surface area (Å²) in [5.74, 6) is 0.201. The molecule has 0 aromatic heterocycles. The summed E-state index contributed by atoms with van der Waals surface area (Å²) < 4.78 is 34.1. The van der Waals surface area contributed by atoms with Gasteiger partial charge in [0.25, 0.3) is 0 Å². The molecule has 1 heterocycles. The Bertz CT molecular complexity index is 811. The number of hydrogen-bond donors (Lipinski definition) is 0. The fraction of sp³-hybridized carbons (Fsp3) is 0.435. The van der Waals surface area contributed by atoms with E-state index in [1.807, 2.05) is 6.92 Å². The summed E-state index contributed by atoms with van der Waals surface area (Å²) in [6.45, 7) is 6.94. The van der Waals surface area contributed by atoms with Crippen LogP contribution >= 0.6 is 0 Å². The number of hydrogen-bond acceptors (Lipinski definition) is 2. The maximum Gasteiger partial charge on any atom is 0.135 e. The number of rotatable bonds is 7. The maximum absolute atomic E-state index is 14.1. The van der Waals surface area contributed by atoms with E-state index in [1.165, 1.54) is 23.8 Å². The fourth-order valence-electron chi connectivity index (χ4n) is 3.79. The van der Waals surface area contributed by atoms with E-state index < -0.39 is 11.6 Å². The number of ether oxygens (including phenoxy) is 1. The molecule has 0 bridgehead atoms. The van der Waals surface area contributed by atoms with Crippen molar-refractivity contribution in [3.63, 3.8) is 0 Å². The second-order valence-electron chi connectivity index (χ2n) is 7.15. The van der Waals surface area contributed by atoms with Gasteiger partial charge in [0.05, 0.1) is 18.2 Å². The van der Waals surface area contributed by atoms with Gasteiger partial charge in [-0.25, -0.2) is 8.78 Å². The molecule has 0 radical (unpaired) electrons. The van der Waals surface area contributed by atoms with E-state index in [0.29, 0.717) is 24.7 Å². The van der Waals surface area contributed by atoms with Crippen molar-refractivity contribution in [2.24, 2.45) is 4.99 Å². The Morgan fingerprint density at radius 2 is 1.89 bits per heavy atom. The lowest BCUT2D eigenvalue weighted by Crippen LogP contribution is -2.04. The van der Waals surface area contributed by atoms with E-state index in [-0.39, 0.29) is 11.6 Å². The van der Waals surface area contributed by atoms with Crippen molar-refractivity contribution in [1.29, 1.82) is 0 Å². The highest BCUT2D eigenvalue weighted by atomic mass is 19.1. The summed E-state index contributed by atoms with van der Waals surface area (Å²) in [7, 11) is 0. The summed E-state index contributed by atoms with van der Waals surface area (Å²) in [6.07, 6.45) is 3.55. The summed E-state index contributed by atoms with van der Waals surface area (Å²) in [5.41, 5.74) is 2.76. The first kappa shape index (κ1) is 19.5. The maximum atomic E-state index is 14.1. The van der Waals surface area contributed by atoms with Crippen LogP contribution in [0.1, 0.15) is 75.1 Å². The van der Waals surface area contributed by atoms with Gasteiger partial charge in [0.1, 0.15) is 17.4 Å². The van der Waals surface area contributed by atoms with Gasteiger partial charge in [-0.15, -0.1) is 0 Å². The molecule has 1 aliphatic rings. The molecule has 3 rings (SSSR count). The van der Waals surface area contributed by atoms with Crippen molar-refractivity contribution in [3.05, 3.63) is 64.7 Å². The monoisotopic (exact) mass is 371 g/mol. The lowest BCUT2D eigenvalue weighted by Gasteiger charge is -2.18. The average Bonchev–Trinajstić information content (AvgIpc) is 3.11. The standard InChI is InChI=1S/C23H27F2NO/c1-4-7-15(3)16-10-11-17(22(14-16)27-5-2)20-12-13-21(26-20)23-18(24)8-6-9-19(23)25/h6,8-11,14-15,20H,4-5,7,12-13H2,1-3H3. The van der Waals surface area contributed by atoms with E-state index in [0.717, 1.165) is 30.6 Å². The molecule has 0 amide bonds. The normalized spacial score (nSPS) is 17.7. The van der Waals surface area contributed by atoms with Gasteiger partial charge in [0.2, 0.25) is 0 Å². The first-order chi connectivity index (χ1) is 13.0. The Morgan fingerprint density at radius 1 is 1.15 bits per heavy atom. The zero-order valence-electron chi connectivity index (χ0n) is 16.3. The van der Waals surface area contributed by atoms with Crippen molar-refractivity contribution in [2.75, 3.05) is 6.61 Å². The Kier molecular flexibility index (Phi) is 6.25. The minimum Gasteiger partial charge on any atom is -0.494 e.